The average molecular weight is 230 g/mol. The molecule has 4 N–H and O–H groups in total. The van der Waals surface area contributed by atoms with Crippen LogP contribution in [0.3, 0.4) is 0 Å². The fourth-order valence-electron chi connectivity index (χ4n) is 2.25. The van der Waals surface area contributed by atoms with Crippen molar-refractivity contribution in [2.75, 3.05) is 0 Å². The summed E-state index contributed by atoms with van der Waals surface area (Å²) in [5.41, 5.74) is 0.853. The summed E-state index contributed by atoms with van der Waals surface area (Å²) in [6.45, 7) is 0. The molecule has 0 fully saturated rings. The SMILES string of the molecule is OC1=Cc2c(O)c(O)cc3cccc(c23)C1O. The van der Waals surface area contributed by atoms with Crippen LogP contribution in [0.5, 0.6) is 11.5 Å². The molecule has 4 nitrogen and oxygen atoms in total. The number of phenols is 2. The van der Waals surface area contributed by atoms with Crippen LogP contribution in [0.25, 0.3) is 16.8 Å². The van der Waals surface area contributed by atoms with E-state index in [2.05, 4.69) is 0 Å². The summed E-state index contributed by atoms with van der Waals surface area (Å²) in [5, 5.41) is 40.1. The van der Waals surface area contributed by atoms with Gasteiger partial charge in [0.05, 0.1) is 0 Å². The van der Waals surface area contributed by atoms with Gasteiger partial charge in [-0.15, -0.1) is 0 Å². The molecule has 0 aromatic heterocycles. The molecule has 0 amide bonds. The van der Waals surface area contributed by atoms with E-state index in [1.165, 1.54) is 12.1 Å². The molecule has 0 heterocycles. The minimum absolute atomic E-state index is 0.245. The number of hydrogen-bond acceptors (Lipinski definition) is 4. The Morgan fingerprint density at radius 1 is 1.06 bits per heavy atom. The van der Waals surface area contributed by atoms with Gasteiger partial charge in [-0.3, -0.25) is 0 Å². The van der Waals surface area contributed by atoms with Crippen LogP contribution < -0.4 is 0 Å². The zero-order chi connectivity index (χ0) is 12.2. The molecule has 1 atom stereocenters. The van der Waals surface area contributed by atoms with Crippen molar-refractivity contribution >= 4 is 16.8 Å². The first-order valence-electron chi connectivity index (χ1n) is 5.16. The van der Waals surface area contributed by atoms with Crippen LogP contribution in [0, 0.1) is 0 Å². The van der Waals surface area contributed by atoms with E-state index in [0.717, 1.165) is 0 Å². The van der Waals surface area contributed by atoms with E-state index in [0.29, 0.717) is 21.9 Å². The van der Waals surface area contributed by atoms with Crippen molar-refractivity contribution in [1.29, 1.82) is 0 Å². The number of phenolic OH excluding ortho intramolecular Hbond substituents is 2. The molecule has 2 aromatic rings. The van der Waals surface area contributed by atoms with Gasteiger partial charge in [-0.1, -0.05) is 18.2 Å². The second-order valence-electron chi connectivity index (χ2n) is 4.08. The van der Waals surface area contributed by atoms with Gasteiger partial charge in [-0.05, 0) is 28.5 Å². The van der Waals surface area contributed by atoms with Crippen molar-refractivity contribution in [2.24, 2.45) is 0 Å². The first kappa shape index (κ1) is 9.99. The predicted molar refractivity (Wildman–Crippen MR) is 62.8 cm³/mol. The van der Waals surface area contributed by atoms with Crippen molar-refractivity contribution in [2.45, 2.75) is 6.10 Å². The Bertz CT molecular complexity index is 658. The van der Waals surface area contributed by atoms with E-state index in [9.17, 15) is 20.4 Å². The topological polar surface area (TPSA) is 80.9 Å². The van der Waals surface area contributed by atoms with Crippen LogP contribution in [-0.4, -0.2) is 20.4 Å². The van der Waals surface area contributed by atoms with Crippen molar-refractivity contribution in [1.82, 2.24) is 0 Å². The van der Waals surface area contributed by atoms with E-state index in [1.54, 1.807) is 18.2 Å². The highest BCUT2D eigenvalue weighted by Gasteiger charge is 2.24. The van der Waals surface area contributed by atoms with Gasteiger partial charge in [0, 0.05) is 5.56 Å². The minimum Gasteiger partial charge on any atom is -0.509 e. The smallest absolute Gasteiger partial charge is 0.165 e. The molecule has 0 saturated heterocycles. The third kappa shape index (κ3) is 1.21. The Morgan fingerprint density at radius 2 is 1.82 bits per heavy atom. The highest BCUT2D eigenvalue weighted by molar-refractivity contribution is 5.99. The van der Waals surface area contributed by atoms with E-state index < -0.39 is 6.10 Å². The number of hydrogen-bond donors (Lipinski definition) is 4. The van der Waals surface area contributed by atoms with Crippen LogP contribution in [0.4, 0.5) is 0 Å². The van der Waals surface area contributed by atoms with Crippen molar-refractivity contribution in [3.8, 4) is 11.5 Å². The lowest BCUT2D eigenvalue weighted by molar-refractivity contribution is 0.158. The first-order chi connectivity index (χ1) is 8.09. The van der Waals surface area contributed by atoms with Gasteiger partial charge in [0.15, 0.2) is 11.5 Å². The Hall–Kier alpha value is -2.20. The summed E-state index contributed by atoms with van der Waals surface area (Å²) in [7, 11) is 0. The Labute approximate surface area is 96.7 Å². The van der Waals surface area contributed by atoms with Crippen molar-refractivity contribution in [3.63, 3.8) is 0 Å². The molecular weight excluding hydrogens is 220 g/mol. The van der Waals surface area contributed by atoms with Gasteiger partial charge in [0.1, 0.15) is 11.9 Å². The second kappa shape index (κ2) is 3.15. The first-order valence-corrected chi connectivity index (χ1v) is 5.16. The van der Waals surface area contributed by atoms with Gasteiger partial charge in [-0.25, -0.2) is 0 Å². The molecule has 0 saturated carbocycles. The molecule has 0 spiro atoms. The van der Waals surface area contributed by atoms with E-state index in [1.807, 2.05) is 0 Å². The Balaban J connectivity index is 2.54. The summed E-state index contributed by atoms with van der Waals surface area (Å²) in [6, 6.07) is 6.60. The van der Waals surface area contributed by atoms with E-state index >= 15 is 0 Å². The second-order valence-corrected chi connectivity index (χ2v) is 4.08. The highest BCUT2D eigenvalue weighted by atomic mass is 16.3. The molecule has 0 bridgehead atoms. The number of aromatic hydroxyl groups is 2. The minimum atomic E-state index is -1.09. The monoisotopic (exact) mass is 230 g/mol. The summed E-state index contributed by atoms with van der Waals surface area (Å²) in [6.07, 6.45) is 0.185. The normalized spacial score (nSPS) is 18.2. The van der Waals surface area contributed by atoms with Crippen molar-refractivity contribution < 1.29 is 20.4 Å². The van der Waals surface area contributed by atoms with Gasteiger partial charge < -0.3 is 20.4 Å². The lowest BCUT2D eigenvalue weighted by atomic mass is 9.89. The van der Waals surface area contributed by atoms with E-state index in [4.69, 9.17) is 0 Å². The Morgan fingerprint density at radius 3 is 2.59 bits per heavy atom. The Kier molecular flexibility index (Phi) is 1.85. The van der Waals surface area contributed by atoms with Gasteiger partial charge in [-0.2, -0.15) is 0 Å². The summed E-state index contributed by atoms with van der Waals surface area (Å²) in [5.74, 6) is -0.778. The van der Waals surface area contributed by atoms with Gasteiger partial charge >= 0.3 is 0 Å². The third-order valence-corrected chi connectivity index (χ3v) is 3.06. The molecule has 2 aromatic carbocycles. The molecule has 1 aliphatic rings. The van der Waals surface area contributed by atoms with Crippen LogP contribution in [-0.2, 0) is 0 Å². The van der Waals surface area contributed by atoms with Crippen LogP contribution in [0.1, 0.15) is 17.2 Å². The van der Waals surface area contributed by atoms with Crippen LogP contribution >= 0.6 is 0 Å². The number of aliphatic hydroxyl groups excluding tert-OH is 2. The molecule has 1 unspecified atom stereocenters. The zero-order valence-electron chi connectivity index (χ0n) is 8.75. The maximum Gasteiger partial charge on any atom is 0.165 e. The summed E-state index contributed by atoms with van der Waals surface area (Å²) in [4.78, 5) is 0. The standard InChI is InChI=1S/C13H10O4/c14-9-4-6-2-1-3-7-11(6)8(13(9)17)5-10(15)12(7)16/h1-5,12,14-17H. The van der Waals surface area contributed by atoms with Crippen molar-refractivity contribution in [3.05, 3.63) is 41.2 Å². The highest BCUT2D eigenvalue weighted by Crippen LogP contribution is 2.44. The number of aliphatic hydroxyl groups is 2. The van der Waals surface area contributed by atoms with Crippen LogP contribution in [0.15, 0.2) is 30.0 Å². The summed E-state index contributed by atoms with van der Waals surface area (Å²) >= 11 is 0. The molecule has 3 rings (SSSR count). The average Bonchev–Trinajstić information content (AvgIpc) is 2.31. The zero-order valence-corrected chi connectivity index (χ0v) is 8.75. The molecule has 1 aliphatic carbocycles. The van der Waals surface area contributed by atoms with E-state index in [-0.39, 0.29) is 17.3 Å². The molecule has 17 heavy (non-hydrogen) atoms. The molecule has 86 valence electrons. The van der Waals surface area contributed by atoms with Crippen LogP contribution in [0.2, 0.25) is 0 Å². The number of benzene rings is 2. The molecular formula is C13H10O4. The third-order valence-electron chi connectivity index (χ3n) is 3.06. The fraction of sp³-hybridized carbons (Fsp3) is 0.0769. The lowest BCUT2D eigenvalue weighted by Gasteiger charge is -2.20. The predicted octanol–water partition coefficient (Wildman–Crippen LogP) is 2.20. The van der Waals surface area contributed by atoms with Gasteiger partial charge in [0.25, 0.3) is 0 Å². The molecule has 4 heteroatoms. The lowest BCUT2D eigenvalue weighted by Crippen LogP contribution is -2.06. The quantitative estimate of drug-likeness (QED) is 0.523. The molecule has 0 radical (unpaired) electrons. The fourth-order valence-corrected chi connectivity index (χ4v) is 2.25. The van der Waals surface area contributed by atoms with Gasteiger partial charge in [0.2, 0.25) is 0 Å². The molecule has 0 aliphatic heterocycles. The maximum absolute atomic E-state index is 9.84. The maximum atomic E-state index is 9.84. The number of rotatable bonds is 0. The summed E-state index contributed by atoms with van der Waals surface area (Å²) < 4.78 is 0. The largest absolute Gasteiger partial charge is 0.509 e.